The molecule has 1 saturated carbocycles. The van der Waals surface area contributed by atoms with Gasteiger partial charge in [0.1, 0.15) is 11.5 Å². The first-order chi connectivity index (χ1) is 9.17. The van der Waals surface area contributed by atoms with Gasteiger partial charge in [-0.1, -0.05) is 6.07 Å². The fourth-order valence-electron chi connectivity index (χ4n) is 2.17. The van der Waals surface area contributed by atoms with Crippen LogP contribution in [-0.4, -0.2) is 34.1 Å². The van der Waals surface area contributed by atoms with Crippen LogP contribution in [0.15, 0.2) is 18.2 Å². The predicted molar refractivity (Wildman–Crippen MR) is 68.4 cm³/mol. The summed E-state index contributed by atoms with van der Waals surface area (Å²) < 4.78 is 20.5. The molecule has 0 heterocycles. The summed E-state index contributed by atoms with van der Waals surface area (Å²) in [5, 5.41) is 0. The maximum Gasteiger partial charge on any atom is 0.316 e. The van der Waals surface area contributed by atoms with E-state index in [4.69, 9.17) is 18.9 Å². The minimum atomic E-state index is -0.565. The third kappa shape index (κ3) is 2.51. The molecule has 1 aliphatic carbocycles. The van der Waals surface area contributed by atoms with Crippen LogP contribution >= 0.6 is 0 Å². The van der Waals surface area contributed by atoms with Crippen LogP contribution in [0.25, 0.3) is 0 Å². The molecule has 0 amide bonds. The smallest absolute Gasteiger partial charge is 0.316 e. The molecule has 0 spiro atoms. The van der Waals surface area contributed by atoms with Crippen LogP contribution in [0.5, 0.6) is 11.5 Å². The normalized spacial score (nSPS) is 15.7. The molecule has 1 fully saturated rings. The van der Waals surface area contributed by atoms with E-state index < -0.39 is 5.41 Å². The summed E-state index contributed by atoms with van der Waals surface area (Å²) in [7, 11) is 4.54. The maximum atomic E-state index is 11.9. The van der Waals surface area contributed by atoms with Gasteiger partial charge >= 0.3 is 5.97 Å². The van der Waals surface area contributed by atoms with Crippen LogP contribution in [0.4, 0.5) is 0 Å². The maximum absolute atomic E-state index is 11.9. The van der Waals surface area contributed by atoms with Gasteiger partial charge in [-0.3, -0.25) is 4.79 Å². The molecule has 0 unspecified atom stereocenters. The van der Waals surface area contributed by atoms with Crippen LogP contribution in [0.1, 0.15) is 18.4 Å². The SMILES string of the molecule is COCOc1cc(OC)ccc1C1(C(=O)OC)CC1. The van der Waals surface area contributed by atoms with E-state index in [1.54, 1.807) is 20.3 Å². The summed E-state index contributed by atoms with van der Waals surface area (Å²) in [5.74, 6) is 1.06. The van der Waals surface area contributed by atoms with Gasteiger partial charge in [-0.2, -0.15) is 0 Å². The van der Waals surface area contributed by atoms with Crippen molar-refractivity contribution in [1.29, 1.82) is 0 Å². The monoisotopic (exact) mass is 266 g/mol. The first-order valence-electron chi connectivity index (χ1n) is 6.06. The van der Waals surface area contributed by atoms with Crippen molar-refractivity contribution >= 4 is 5.97 Å². The lowest BCUT2D eigenvalue weighted by molar-refractivity contribution is -0.143. The summed E-state index contributed by atoms with van der Waals surface area (Å²) >= 11 is 0. The minimum Gasteiger partial charge on any atom is -0.497 e. The zero-order valence-electron chi connectivity index (χ0n) is 11.4. The summed E-state index contributed by atoms with van der Waals surface area (Å²) in [6.45, 7) is 0.122. The second kappa shape index (κ2) is 5.48. The van der Waals surface area contributed by atoms with Gasteiger partial charge in [0, 0.05) is 18.7 Å². The molecule has 0 bridgehead atoms. The van der Waals surface area contributed by atoms with Crippen molar-refractivity contribution in [2.75, 3.05) is 28.1 Å². The standard InChI is InChI=1S/C14H18O5/c1-16-9-19-12-8-10(17-2)4-5-11(12)14(6-7-14)13(15)18-3/h4-5,8H,6-7,9H2,1-3H3. The van der Waals surface area contributed by atoms with Crippen LogP contribution in [0.2, 0.25) is 0 Å². The van der Waals surface area contributed by atoms with E-state index in [1.807, 2.05) is 12.1 Å². The molecular formula is C14H18O5. The zero-order valence-corrected chi connectivity index (χ0v) is 11.4. The minimum absolute atomic E-state index is 0.122. The van der Waals surface area contributed by atoms with E-state index in [9.17, 15) is 4.79 Å². The number of esters is 1. The summed E-state index contributed by atoms with van der Waals surface area (Å²) in [6.07, 6.45) is 1.55. The van der Waals surface area contributed by atoms with E-state index in [-0.39, 0.29) is 12.8 Å². The van der Waals surface area contributed by atoms with E-state index in [2.05, 4.69) is 0 Å². The molecule has 0 atom stereocenters. The van der Waals surface area contributed by atoms with Gasteiger partial charge in [-0.05, 0) is 18.9 Å². The van der Waals surface area contributed by atoms with Crippen LogP contribution in [0.3, 0.4) is 0 Å². The number of benzene rings is 1. The van der Waals surface area contributed by atoms with Crippen LogP contribution < -0.4 is 9.47 Å². The molecule has 1 aliphatic rings. The highest BCUT2D eigenvalue weighted by molar-refractivity contribution is 5.87. The molecule has 5 nitrogen and oxygen atoms in total. The number of ether oxygens (including phenoxy) is 4. The molecule has 0 aliphatic heterocycles. The zero-order chi connectivity index (χ0) is 13.9. The third-order valence-electron chi connectivity index (χ3n) is 3.36. The Labute approximate surface area is 112 Å². The Morgan fingerprint density at radius 2 is 2.00 bits per heavy atom. The molecule has 1 aromatic rings. The summed E-state index contributed by atoms with van der Waals surface area (Å²) in [6, 6.07) is 5.43. The molecule has 5 heteroatoms. The number of hydrogen-bond donors (Lipinski definition) is 0. The van der Waals surface area contributed by atoms with Gasteiger partial charge in [-0.25, -0.2) is 0 Å². The topological polar surface area (TPSA) is 54.0 Å². The second-order valence-electron chi connectivity index (χ2n) is 4.49. The summed E-state index contributed by atoms with van der Waals surface area (Å²) in [5.41, 5.74) is 0.265. The molecule has 104 valence electrons. The van der Waals surface area contributed by atoms with Crippen LogP contribution in [0, 0.1) is 0 Å². The highest BCUT2D eigenvalue weighted by Gasteiger charge is 2.54. The third-order valence-corrected chi connectivity index (χ3v) is 3.36. The Morgan fingerprint density at radius 3 is 2.53 bits per heavy atom. The number of carbonyl (C=O) groups excluding carboxylic acids is 1. The summed E-state index contributed by atoms with van der Waals surface area (Å²) in [4.78, 5) is 11.9. The van der Waals surface area contributed by atoms with Crippen molar-refractivity contribution in [3.8, 4) is 11.5 Å². The Hall–Kier alpha value is -1.75. The lowest BCUT2D eigenvalue weighted by Crippen LogP contribution is -2.23. The van der Waals surface area contributed by atoms with Crippen LogP contribution in [-0.2, 0) is 19.7 Å². The second-order valence-corrected chi connectivity index (χ2v) is 4.49. The number of carbonyl (C=O) groups is 1. The molecule has 0 saturated heterocycles. The average Bonchev–Trinajstić information content (AvgIpc) is 3.25. The van der Waals surface area contributed by atoms with Crippen molar-refractivity contribution in [1.82, 2.24) is 0 Å². The molecular weight excluding hydrogens is 248 g/mol. The fraction of sp³-hybridized carbons (Fsp3) is 0.500. The Kier molecular flexibility index (Phi) is 3.95. The number of rotatable bonds is 6. The first-order valence-corrected chi connectivity index (χ1v) is 6.06. The molecule has 1 aromatic carbocycles. The van der Waals surface area contributed by atoms with E-state index in [1.165, 1.54) is 7.11 Å². The van der Waals surface area contributed by atoms with Crippen molar-refractivity contribution in [2.45, 2.75) is 18.3 Å². The van der Waals surface area contributed by atoms with Gasteiger partial charge in [0.15, 0.2) is 6.79 Å². The quantitative estimate of drug-likeness (QED) is 0.581. The van der Waals surface area contributed by atoms with Crippen molar-refractivity contribution in [2.24, 2.45) is 0 Å². The van der Waals surface area contributed by atoms with Gasteiger partial charge in [-0.15, -0.1) is 0 Å². The molecule has 0 N–H and O–H groups in total. The van der Waals surface area contributed by atoms with Crippen molar-refractivity contribution < 1.29 is 23.7 Å². The molecule has 19 heavy (non-hydrogen) atoms. The van der Waals surface area contributed by atoms with Gasteiger partial charge in [0.05, 0.1) is 19.6 Å². The molecule has 0 aromatic heterocycles. The molecule has 2 rings (SSSR count). The lowest BCUT2D eigenvalue weighted by Gasteiger charge is -2.18. The molecule has 0 radical (unpaired) electrons. The Morgan fingerprint density at radius 1 is 1.26 bits per heavy atom. The average molecular weight is 266 g/mol. The highest BCUT2D eigenvalue weighted by Crippen LogP contribution is 2.52. The lowest BCUT2D eigenvalue weighted by atomic mass is 9.95. The Balaban J connectivity index is 2.36. The Bertz CT molecular complexity index is 465. The van der Waals surface area contributed by atoms with Crippen molar-refractivity contribution in [3.63, 3.8) is 0 Å². The van der Waals surface area contributed by atoms with Crippen molar-refractivity contribution in [3.05, 3.63) is 23.8 Å². The largest absolute Gasteiger partial charge is 0.497 e. The van der Waals surface area contributed by atoms with Gasteiger partial charge in [0.2, 0.25) is 0 Å². The highest BCUT2D eigenvalue weighted by atomic mass is 16.7. The van der Waals surface area contributed by atoms with Gasteiger partial charge < -0.3 is 18.9 Å². The van der Waals surface area contributed by atoms with Gasteiger partial charge in [0.25, 0.3) is 0 Å². The van der Waals surface area contributed by atoms with E-state index >= 15 is 0 Å². The number of hydrogen-bond acceptors (Lipinski definition) is 5. The van der Waals surface area contributed by atoms with E-state index in [0.717, 1.165) is 18.4 Å². The number of methoxy groups -OCH3 is 3. The predicted octanol–water partition coefficient (Wildman–Crippen LogP) is 1.88. The van der Waals surface area contributed by atoms with E-state index in [0.29, 0.717) is 11.5 Å². The first kappa shape index (κ1) is 13.7. The fourth-order valence-corrected chi connectivity index (χ4v) is 2.17.